The molecular formula is C13H12ClNS. The Kier molecular flexibility index (Phi) is 3.32. The lowest BCUT2D eigenvalue weighted by Crippen LogP contribution is -1.76. The first-order valence-corrected chi connectivity index (χ1v) is 6.15. The maximum absolute atomic E-state index is 5.86. The molecule has 0 bridgehead atoms. The van der Waals surface area contributed by atoms with E-state index in [-0.39, 0.29) is 0 Å². The minimum absolute atomic E-state index is 0.763. The van der Waals surface area contributed by atoms with Crippen LogP contribution in [0.5, 0.6) is 0 Å². The minimum Gasteiger partial charge on any atom is -0.405 e. The van der Waals surface area contributed by atoms with E-state index in [4.69, 9.17) is 17.3 Å². The van der Waals surface area contributed by atoms with Crippen molar-refractivity contribution in [1.82, 2.24) is 0 Å². The first kappa shape index (κ1) is 11.2. The predicted octanol–water partition coefficient (Wildman–Crippen LogP) is 4.31. The van der Waals surface area contributed by atoms with Gasteiger partial charge in [-0.2, -0.15) is 0 Å². The van der Waals surface area contributed by atoms with Gasteiger partial charge in [0.05, 0.1) is 0 Å². The fourth-order valence-corrected chi connectivity index (χ4v) is 2.66. The van der Waals surface area contributed by atoms with Gasteiger partial charge in [0.15, 0.2) is 0 Å². The monoisotopic (exact) mass is 249 g/mol. The van der Waals surface area contributed by atoms with Crippen LogP contribution in [0.1, 0.15) is 10.4 Å². The maximum Gasteiger partial charge on any atom is 0.0406 e. The molecular weight excluding hydrogens is 238 g/mol. The first-order valence-electron chi connectivity index (χ1n) is 4.95. The molecule has 82 valence electrons. The number of hydrogen-bond acceptors (Lipinski definition) is 2. The van der Waals surface area contributed by atoms with E-state index < -0.39 is 0 Å². The zero-order valence-corrected chi connectivity index (χ0v) is 10.5. The summed E-state index contributed by atoms with van der Waals surface area (Å²) in [5.74, 6) is 0. The van der Waals surface area contributed by atoms with Gasteiger partial charge in [-0.05, 0) is 48.5 Å². The van der Waals surface area contributed by atoms with Gasteiger partial charge in [-0.25, -0.2) is 0 Å². The van der Waals surface area contributed by atoms with Crippen molar-refractivity contribution in [2.24, 2.45) is 5.73 Å². The molecule has 2 N–H and O–H groups in total. The van der Waals surface area contributed by atoms with Gasteiger partial charge in [0, 0.05) is 14.8 Å². The van der Waals surface area contributed by atoms with Crippen LogP contribution >= 0.6 is 22.9 Å². The molecule has 0 aliphatic rings. The van der Waals surface area contributed by atoms with Gasteiger partial charge >= 0.3 is 0 Å². The molecule has 0 spiro atoms. The van der Waals surface area contributed by atoms with Crippen LogP contribution in [0.15, 0.2) is 36.5 Å². The molecule has 1 heterocycles. The molecule has 3 heteroatoms. The van der Waals surface area contributed by atoms with E-state index in [0.717, 1.165) is 5.02 Å². The molecule has 0 amide bonds. The summed E-state index contributed by atoms with van der Waals surface area (Å²) >= 11 is 7.62. The number of rotatable bonds is 2. The summed E-state index contributed by atoms with van der Waals surface area (Å²) in [5.41, 5.74) is 7.77. The first-order chi connectivity index (χ1) is 7.70. The number of hydrogen-bond donors (Lipinski definition) is 1. The second-order valence-corrected chi connectivity index (χ2v) is 5.18. The fraction of sp³-hybridized carbons (Fsp3) is 0.0769. The smallest absolute Gasteiger partial charge is 0.0406 e. The summed E-state index contributed by atoms with van der Waals surface area (Å²) in [7, 11) is 0. The third-order valence-corrected chi connectivity index (χ3v) is 3.73. The van der Waals surface area contributed by atoms with Gasteiger partial charge in [-0.15, -0.1) is 11.3 Å². The lowest BCUT2D eigenvalue weighted by atomic mass is 10.1. The van der Waals surface area contributed by atoms with Crippen molar-refractivity contribution in [3.63, 3.8) is 0 Å². The molecule has 2 aromatic rings. The van der Waals surface area contributed by atoms with Crippen molar-refractivity contribution in [1.29, 1.82) is 0 Å². The highest BCUT2D eigenvalue weighted by Crippen LogP contribution is 2.32. The van der Waals surface area contributed by atoms with E-state index >= 15 is 0 Å². The molecule has 0 saturated carbocycles. The standard InChI is InChI=1S/C13H12ClNS/c1-9-11(6-7-15)8-13(16-9)10-2-4-12(14)5-3-10/h2-8H,15H2,1H3/b7-6+. The van der Waals surface area contributed by atoms with Gasteiger partial charge in [0.1, 0.15) is 0 Å². The van der Waals surface area contributed by atoms with E-state index in [9.17, 15) is 0 Å². The Balaban J connectivity index is 2.41. The SMILES string of the molecule is Cc1sc(-c2ccc(Cl)cc2)cc1/C=C/N. The van der Waals surface area contributed by atoms with E-state index in [0.29, 0.717) is 0 Å². The van der Waals surface area contributed by atoms with E-state index in [1.807, 2.05) is 30.3 Å². The van der Waals surface area contributed by atoms with Crippen LogP contribution < -0.4 is 5.73 Å². The summed E-state index contributed by atoms with van der Waals surface area (Å²) in [6.07, 6.45) is 3.49. The third kappa shape index (κ3) is 2.29. The summed E-state index contributed by atoms with van der Waals surface area (Å²) in [6.45, 7) is 2.10. The Morgan fingerprint density at radius 1 is 1.25 bits per heavy atom. The summed E-state index contributed by atoms with van der Waals surface area (Å²) < 4.78 is 0. The van der Waals surface area contributed by atoms with Crippen molar-refractivity contribution in [2.45, 2.75) is 6.92 Å². The Morgan fingerprint density at radius 2 is 1.94 bits per heavy atom. The molecule has 0 atom stereocenters. The van der Waals surface area contributed by atoms with Crippen LogP contribution in [-0.4, -0.2) is 0 Å². The van der Waals surface area contributed by atoms with Crippen LogP contribution in [0.2, 0.25) is 5.02 Å². The molecule has 1 aromatic heterocycles. The molecule has 1 aromatic carbocycles. The fourth-order valence-electron chi connectivity index (χ4n) is 1.52. The maximum atomic E-state index is 5.86. The molecule has 0 radical (unpaired) electrons. The average Bonchev–Trinajstić information content (AvgIpc) is 2.62. The molecule has 0 aliphatic carbocycles. The molecule has 0 saturated heterocycles. The Bertz CT molecular complexity index is 511. The quantitative estimate of drug-likeness (QED) is 0.844. The lowest BCUT2D eigenvalue weighted by Gasteiger charge is -1.96. The van der Waals surface area contributed by atoms with E-state index in [1.54, 1.807) is 17.5 Å². The van der Waals surface area contributed by atoms with Crippen molar-refractivity contribution in [3.8, 4) is 10.4 Å². The van der Waals surface area contributed by atoms with E-state index in [2.05, 4.69) is 13.0 Å². The Hall–Kier alpha value is -1.25. The summed E-state index contributed by atoms with van der Waals surface area (Å²) in [4.78, 5) is 2.51. The second-order valence-electron chi connectivity index (χ2n) is 3.49. The normalized spacial score (nSPS) is 11.1. The average molecular weight is 250 g/mol. The number of nitrogens with two attached hydrogens (primary N) is 1. The number of thiophene rings is 1. The van der Waals surface area contributed by atoms with Gasteiger partial charge in [0.2, 0.25) is 0 Å². The number of halogens is 1. The van der Waals surface area contributed by atoms with Gasteiger partial charge in [-0.1, -0.05) is 23.7 Å². The zero-order chi connectivity index (χ0) is 11.5. The zero-order valence-electron chi connectivity index (χ0n) is 8.91. The van der Waals surface area contributed by atoms with Crippen LogP contribution in [0.25, 0.3) is 16.5 Å². The lowest BCUT2D eigenvalue weighted by molar-refractivity contribution is 1.57. The molecule has 0 unspecified atom stereocenters. The van der Waals surface area contributed by atoms with Crippen LogP contribution in [0, 0.1) is 6.92 Å². The van der Waals surface area contributed by atoms with Crippen LogP contribution in [0.3, 0.4) is 0 Å². The van der Waals surface area contributed by atoms with Crippen molar-refractivity contribution in [3.05, 3.63) is 52.0 Å². The second kappa shape index (κ2) is 4.73. The topological polar surface area (TPSA) is 26.0 Å². The summed E-state index contributed by atoms with van der Waals surface area (Å²) in [5, 5.41) is 0.763. The van der Waals surface area contributed by atoms with Crippen molar-refractivity contribution >= 4 is 29.0 Å². The highest BCUT2D eigenvalue weighted by molar-refractivity contribution is 7.15. The molecule has 0 fully saturated rings. The highest BCUT2D eigenvalue weighted by Gasteiger charge is 2.04. The molecule has 2 rings (SSSR count). The Morgan fingerprint density at radius 3 is 2.56 bits per heavy atom. The largest absolute Gasteiger partial charge is 0.405 e. The van der Waals surface area contributed by atoms with E-state index in [1.165, 1.54) is 20.9 Å². The van der Waals surface area contributed by atoms with Crippen molar-refractivity contribution < 1.29 is 0 Å². The minimum atomic E-state index is 0.763. The van der Waals surface area contributed by atoms with Crippen LogP contribution in [-0.2, 0) is 0 Å². The third-order valence-electron chi connectivity index (χ3n) is 2.36. The number of benzene rings is 1. The highest BCUT2D eigenvalue weighted by atomic mass is 35.5. The van der Waals surface area contributed by atoms with Gasteiger partial charge < -0.3 is 5.73 Å². The summed E-state index contributed by atoms with van der Waals surface area (Å²) in [6, 6.07) is 10.0. The number of aryl methyl sites for hydroxylation is 1. The van der Waals surface area contributed by atoms with Crippen molar-refractivity contribution in [2.75, 3.05) is 0 Å². The van der Waals surface area contributed by atoms with Gasteiger partial charge in [0.25, 0.3) is 0 Å². The molecule has 0 aliphatic heterocycles. The van der Waals surface area contributed by atoms with Gasteiger partial charge in [-0.3, -0.25) is 0 Å². The molecule has 16 heavy (non-hydrogen) atoms. The predicted molar refractivity (Wildman–Crippen MR) is 72.7 cm³/mol. The Labute approximate surface area is 104 Å². The van der Waals surface area contributed by atoms with Crippen LogP contribution in [0.4, 0.5) is 0 Å². The molecule has 1 nitrogen and oxygen atoms in total.